The molecule has 19 heavy (non-hydrogen) atoms. The lowest BCUT2D eigenvalue weighted by Crippen LogP contribution is -2.36. The second-order valence-corrected chi connectivity index (χ2v) is 4.69. The fourth-order valence-corrected chi connectivity index (χ4v) is 2.24. The normalized spacial score (nSPS) is 18.3. The van der Waals surface area contributed by atoms with Gasteiger partial charge in [-0.1, -0.05) is 12.0 Å². The summed E-state index contributed by atoms with van der Waals surface area (Å²) in [6, 6.07) is 5.93. The number of carbonyl (C=O) groups is 1. The lowest BCUT2D eigenvalue weighted by atomic mass is 10.1. The quantitative estimate of drug-likeness (QED) is 0.796. The van der Waals surface area contributed by atoms with Gasteiger partial charge in [0.1, 0.15) is 5.75 Å². The molecule has 2 atom stereocenters. The number of rotatable bonds is 4. The molecule has 0 fully saturated rings. The summed E-state index contributed by atoms with van der Waals surface area (Å²) in [5.74, 6) is 2.83. The number of hydrogen-bond donors (Lipinski definition) is 2. The van der Waals surface area contributed by atoms with Gasteiger partial charge in [-0.3, -0.25) is 4.79 Å². The van der Waals surface area contributed by atoms with Crippen molar-refractivity contribution in [3.8, 4) is 18.1 Å². The van der Waals surface area contributed by atoms with Crippen LogP contribution in [-0.4, -0.2) is 18.6 Å². The van der Waals surface area contributed by atoms with Crippen molar-refractivity contribution in [2.24, 2.45) is 5.73 Å². The topological polar surface area (TPSA) is 64.3 Å². The van der Waals surface area contributed by atoms with Gasteiger partial charge in [-0.2, -0.15) is 0 Å². The maximum absolute atomic E-state index is 11.6. The van der Waals surface area contributed by atoms with Gasteiger partial charge in [-0.15, -0.1) is 6.42 Å². The molecule has 3 N–H and O–H groups in total. The SMILES string of the molecule is C#CCNC(=O)C(C)Oc1ccc2c(c1)CC[C@@H]2N. The Balaban J connectivity index is 2.00. The molecule has 1 aliphatic carbocycles. The van der Waals surface area contributed by atoms with E-state index in [0.717, 1.165) is 12.8 Å². The van der Waals surface area contributed by atoms with Gasteiger partial charge in [-0.25, -0.2) is 0 Å². The molecular weight excluding hydrogens is 240 g/mol. The highest BCUT2D eigenvalue weighted by Crippen LogP contribution is 2.32. The van der Waals surface area contributed by atoms with Crippen LogP contribution >= 0.6 is 0 Å². The van der Waals surface area contributed by atoms with Crippen LogP contribution in [0, 0.1) is 12.3 Å². The van der Waals surface area contributed by atoms with Crippen LogP contribution in [0.4, 0.5) is 0 Å². The number of nitrogens with one attached hydrogen (secondary N) is 1. The number of hydrogen-bond acceptors (Lipinski definition) is 3. The van der Waals surface area contributed by atoms with E-state index in [1.807, 2.05) is 18.2 Å². The minimum atomic E-state index is -0.568. The summed E-state index contributed by atoms with van der Waals surface area (Å²) in [5.41, 5.74) is 8.36. The van der Waals surface area contributed by atoms with E-state index in [4.69, 9.17) is 16.9 Å². The molecule has 0 saturated heterocycles. The van der Waals surface area contributed by atoms with Gasteiger partial charge in [0, 0.05) is 6.04 Å². The summed E-state index contributed by atoms with van der Waals surface area (Å²) in [7, 11) is 0. The largest absolute Gasteiger partial charge is 0.481 e. The standard InChI is InChI=1S/C15H18N2O2/c1-3-8-17-15(18)10(2)19-12-5-6-13-11(9-12)4-7-14(13)16/h1,5-6,9-10,14H,4,7-8,16H2,2H3,(H,17,18)/t10?,14-/m0/s1. The maximum Gasteiger partial charge on any atom is 0.261 e. The first-order chi connectivity index (χ1) is 9.11. The van der Waals surface area contributed by atoms with Gasteiger partial charge < -0.3 is 15.8 Å². The zero-order valence-corrected chi connectivity index (χ0v) is 11.0. The number of benzene rings is 1. The van der Waals surface area contributed by atoms with Crippen LogP contribution in [0.15, 0.2) is 18.2 Å². The van der Waals surface area contributed by atoms with Crippen LogP contribution in [0.25, 0.3) is 0 Å². The predicted molar refractivity (Wildman–Crippen MR) is 73.6 cm³/mol. The predicted octanol–water partition coefficient (Wildman–Crippen LogP) is 1.15. The fourth-order valence-electron chi connectivity index (χ4n) is 2.24. The average molecular weight is 258 g/mol. The molecule has 4 nitrogen and oxygen atoms in total. The smallest absolute Gasteiger partial charge is 0.261 e. The molecule has 1 aromatic carbocycles. The van der Waals surface area contributed by atoms with E-state index >= 15 is 0 Å². The lowest BCUT2D eigenvalue weighted by molar-refractivity contribution is -0.126. The molecular formula is C15H18N2O2. The molecule has 0 bridgehead atoms. The molecule has 1 unspecified atom stereocenters. The highest BCUT2D eigenvalue weighted by Gasteiger charge is 2.20. The van der Waals surface area contributed by atoms with Crippen LogP contribution in [0.5, 0.6) is 5.75 Å². The molecule has 0 radical (unpaired) electrons. The second-order valence-electron chi connectivity index (χ2n) is 4.69. The zero-order valence-electron chi connectivity index (χ0n) is 11.0. The Morgan fingerprint density at radius 1 is 1.68 bits per heavy atom. The number of carbonyl (C=O) groups excluding carboxylic acids is 1. The van der Waals surface area contributed by atoms with E-state index in [1.165, 1.54) is 11.1 Å². The minimum Gasteiger partial charge on any atom is -0.481 e. The van der Waals surface area contributed by atoms with E-state index < -0.39 is 6.10 Å². The molecule has 0 aliphatic heterocycles. The summed E-state index contributed by atoms with van der Waals surface area (Å²) in [5, 5.41) is 2.59. The van der Waals surface area contributed by atoms with E-state index in [9.17, 15) is 4.79 Å². The zero-order chi connectivity index (χ0) is 13.8. The maximum atomic E-state index is 11.6. The summed E-state index contributed by atoms with van der Waals surface area (Å²) in [6.45, 7) is 1.91. The third kappa shape index (κ3) is 3.07. The summed E-state index contributed by atoms with van der Waals surface area (Å²) in [6.07, 6.45) is 6.45. The van der Waals surface area contributed by atoms with Crippen molar-refractivity contribution in [2.75, 3.05) is 6.54 Å². The van der Waals surface area contributed by atoms with E-state index in [-0.39, 0.29) is 18.5 Å². The molecule has 100 valence electrons. The van der Waals surface area contributed by atoms with Crippen molar-refractivity contribution in [1.29, 1.82) is 0 Å². The molecule has 0 aromatic heterocycles. The highest BCUT2D eigenvalue weighted by molar-refractivity contribution is 5.80. The Labute approximate surface area is 113 Å². The summed E-state index contributed by atoms with van der Waals surface area (Å²) >= 11 is 0. The van der Waals surface area contributed by atoms with Gasteiger partial charge in [0.15, 0.2) is 6.10 Å². The van der Waals surface area contributed by atoms with Crippen LogP contribution in [0.1, 0.15) is 30.5 Å². The Morgan fingerprint density at radius 2 is 2.47 bits per heavy atom. The molecule has 2 rings (SSSR count). The molecule has 0 saturated carbocycles. The molecule has 0 spiro atoms. The van der Waals surface area contributed by atoms with Crippen molar-refractivity contribution in [3.63, 3.8) is 0 Å². The molecule has 1 aliphatic rings. The highest BCUT2D eigenvalue weighted by atomic mass is 16.5. The number of amides is 1. The molecule has 0 heterocycles. The van der Waals surface area contributed by atoms with Crippen molar-refractivity contribution in [2.45, 2.75) is 31.9 Å². The Bertz CT molecular complexity index is 519. The Morgan fingerprint density at radius 3 is 3.21 bits per heavy atom. The van der Waals surface area contributed by atoms with Crippen molar-refractivity contribution < 1.29 is 9.53 Å². The third-order valence-corrected chi connectivity index (χ3v) is 3.29. The molecule has 1 aromatic rings. The third-order valence-electron chi connectivity index (χ3n) is 3.29. The average Bonchev–Trinajstić information content (AvgIpc) is 2.77. The van der Waals surface area contributed by atoms with E-state index in [2.05, 4.69) is 11.2 Å². The van der Waals surface area contributed by atoms with Crippen LogP contribution in [0.3, 0.4) is 0 Å². The minimum absolute atomic E-state index is 0.125. The number of aryl methyl sites for hydroxylation is 1. The van der Waals surface area contributed by atoms with E-state index in [1.54, 1.807) is 6.92 Å². The number of fused-ring (bicyclic) bond motifs is 1. The number of terminal acetylenes is 1. The van der Waals surface area contributed by atoms with Crippen molar-refractivity contribution in [1.82, 2.24) is 5.32 Å². The van der Waals surface area contributed by atoms with Gasteiger partial charge >= 0.3 is 0 Å². The van der Waals surface area contributed by atoms with Crippen molar-refractivity contribution in [3.05, 3.63) is 29.3 Å². The van der Waals surface area contributed by atoms with Crippen LogP contribution in [-0.2, 0) is 11.2 Å². The fraction of sp³-hybridized carbons (Fsp3) is 0.400. The number of nitrogens with two attached hydrogens (primary N) is 1. The van der Waals surface area contributed by atoms with Crippen LogP contribution < -0.4 is 15.8 Å². The lowest BCUT2D eigenvalue weighted by Gasteiger charge is -2.15. The van der Waals surface area contributed by atoms with E-state index in [0.29, 0.717) is 5.75 Å². The molecule has 4 heteroatoms. The van der Waals surface area contributed by atoms with Crippen molar-refractivity contribution >= 4 is 5.91 Å². The van der Waals surface area contributed by atoms with Gasteiger partial charge in [-0.05, 0) is 43.0 Å². The summed E-state index contributed by atoms with van der Waals surface area (Å²) < 4.78 is 5.61. The summed E-state index contributed by atoms with van der Waals surface area (Å²) in [4.78, 5) is 11.6. The Kier molecular flexibility index (Phi) is 4.08. The van der Waals surface area contributed by atoms with Gasteiger partial charge in [0.25, 0.3) is 5.91 Å². The monoisotopic (exact) mass is 258 g/mol. The Hall–Kier alpha value is -1.99. The second kappa shape index (κ2) is 5.77. The first-order valence-corrected chi connectivity index (χ1v) is 6.38. The molecule has 1 amide bonds. The first kappa shape index (κ1) is 13.4. The van der Waals surface area contributed by atoms with Gasteiger partial charge in [0.05, 0.1) is 6.54 Å². The first-order valence-electron chi connectivity index (χ1n) is 6.38. The number of ether oxygens (including phenoxy) is 1. The van der Waals surface area contributed by atoms with Gasteiger partial charge in [0.2, 0.25) is 0 Å². The van der Waals surface area contributed by atoms with Crippen LogP contribution in [0.2, 0.25) is 0 Å².